The summed E-state index contributed by atoms with van der Waals surface area (Å²) >= 11 is 0. The number of aliphatic hydroxyl groups is 23. The molecule has 0 saturated carbocycles. The predicted octanol–water partition coefficient (Wildman–Crippen LogP) is -18.3. The van der Waals surface area contributed by atoms with E-state index in [-0.39, 0.29) is 5.48 Å². The van der Waals surface area contributed by atoms with E-state index in [0.29, 0.717) is 0 Å². The van der Waals surface area contributed by atoms with Gasteiger partial charge in [-0.05, 0) is 0 Å². The van der Waals surface area contributed by atoms with Crippen molar-refractivity contribution in [1.82, 2.24) is 0 Å². The van der Waals surface area contributed by atoms with E-state index in [9.17, 15) is 117 Å². The van der Waals surface area contributed by atoms with Gasteiger partial charge in [-0.2, -0.15) is 0 Å². The van der Waals surface area contributed by atoms with Crippen LogP contribution in [0.5, 0.6) is 0 Å². The summed E-state index contributed by atoms with van der Waals surface area (Å²) in [5, 5.41) is 254. The van der Waals surface area contributed by atoms with Crippen LogP contribution in [0.25, 0.3) is 0 Å². The molecule has 0 aromatic rings. The minimum Gasteiger partial charge on any atom is -0.412 e. The molecular weight excluding hydrogens is 1230 g/mol. The summed E-state index contributed by atoms with van der Waals surface area (Å²) in [5.41, 5.74) is 6.32. The van der Waals surface area contributed by atoms with Crippen LogP contribution in [0.4, 0.5) is 0 Å². The van der Waals surface area contributed by atoms with E-state index in [0.717, 1.165) is 0 Å². The number of hydrogen-bond acceptors (Lipinski definition) is 40. The van der Waals surface area contributed by atoms with Crippen LogP contribution in [0, 0.1) is 0 Å². The zero-order chi connectivity index (χ0) is 64.1. The molecule has 0 spiro atoms. The Hall–Kier alpha value is -1.64. The standard InChI is InChI=1S/C48H81NO39.H2O/c49-17-18(58)33-9(1-50)73-41(17)81-34-10(2-51)74-43(26(66)19(34)59)83-36-12(4-53)76-45(28(68)21(36)61)85-38-14(6-55)78-47(30(70)23(38)63)87-40-16(8-57)80-48(32(72)25(40)65)88-39-15(7-56)79-46(31(71)24(39)64)86-37-13(5-54)77-44(29(69)22(37)62)84-35-11(3-52)75-42(82-33)27(67)20(35)60;/h9-48,50-72H,1-8,49H2;1H2. The molecule has 16 bridgehead atoms. The second-order valence-corrected chi connectivity index (χ2v) is 22.5. The molecule has 30 fully saturated rings. The Morgan fingerprint density at radius 3 is 0.449 bits per heavy atom. The third-order valence-electron chi connectivity index (χ3n) is 17.0. The van der Waals surface area contributed by atoms with Gasteiger partial charge in [0, 0.05) is 0 Å². The number of rotatable bonds is 8. The lowest BCUT2D eigenvalue weighted by molar-refractivity contribution is -0.401. The fourth-order valence-electron chi connectivity index (χ4n) is 11.9. The molecule has 30 saturated heterocycles. The molecule has 40 unspecified atom stereocenters. The van der Waals surface area contributed by atoms with Crippen molar-refractivity contribution in [3.63, 3.8) is 0 Å². The molecule has 30 heterocycles. The van der Waals surface area contributed by atoms with Crippen molar-refractivity contribution in [3.8, 4) is 0 Å². The Morgan fingerprint density at radius 1 is 0.180 bits per heavy atom. The van der Waals surface area contributed by atoms with Crippen LogP contribution >= 0.6 is 0 Å². The molecule has 41 heteroatoms. The van der Waals surface area contributed by atoms with Gasteiger partial charge < -0.3 is 204 Å². The van der Waals surface area contributed by atoms with Gasteiger partial charge in [0.2, 0.25) is 0 Å². The van der Waals surface area contributed by atoms with Crippen LogP contribution in [0.3, 0.4) is 0 Å². The van der Waals surface area contributed by atoms with Crippen molar-refractivity contribution in [3.05, 3.63) is 0 Å². The van der Waals surface area contributed by atoms with Crippen molar-refractivity contribution >= 4 is 0 Å². The molecular formula is C48H83NO40. The third kappa shape index (κ3) is 14.4. The summed E-state index contributed by atoms with van der Waals surface area (Å²) < 4.78 is 91.6. The first-order valence-electron chi connectivity index (χ1n) is 28.2. The van der Waals surface area contributed by atoms with Gasteiger partial charge in [0.25, 0.3) is 0 Å². The van der Waals surface area contributed by atoms with Gasteiger partial charge in [-0.25, -0.2) is 0 Å². The van der Waals surface area contributed by atoms with Crippen LogP contribution in [-0.2, 0) is 75.8 Å². The van der Waals surface area contributed by atoms with E-state index in [1.165, 1.54) is 0 Å². The Kier molecular flexibility index (Phi) is 25.5. The predicted molar refractivity (Wildman–Crippen MR) is 267 cm³/mol. The SMILES string of the molecule is NC1C2OC(CO)C(OC3OC(CO)C(OC4OC(CO)C(OC5OC(CO)C(OC6OC(CO)C(OC7OC(CO)C(OC8OC(CO)C(OC9OC(CO)C(O2)C(O)C9O)C(O)C8O)C(O)C7O)C(O)C6O)C(O)C5O)C(O)C4O)C(O)C3O)C1O.O. The normalized spacial score (nSPS) is 54.7. The molecule has 520 valence electrons. The molecule has 30 aliphatic heterocycles. The molecule has 0 amide bonds. The van der Waals surface area contributed by atoms with Crippen molar-refractivity contribution in [2.45, 2.75) is 246 Å². The zero-order valence-corrected chi connectivity index (χ0v) is 46.6. The highest BCUT2D eigenvalue weighted by Gasteiger charge is 2.60. The monoisotopic (exact) mass is 1310 g/mol. The van der Waals surface area contributed by atoms with E-state index in [2.05, 4.69) is 0 Å². The van der Waals surface area contributed by atoms with E-state index in [1.54, 1.807) is 0 Å². The second kappa shape index (κ2) is 31.0. The smallest absolute Gasteiger partial charge is 0.187 e. The lowest BCUT2D eigenvalue weighted by Crippen LogP contribution is -2.69. The van der Waals surface area contributed by atoms with Crippen LogP contribution in [0.15, 0.2) is 0 Å². The molecule has 41 nitrogen and oxygen atoms in total. The van der Waals surface area contributed by atoms with Crippen molar-refractivity contribution in [2.75, 3.05) is 52.9 Å². The van der Waals surface area contributed by atoms with Gasteiger partial charge >= 0.3 is 0 Å². The van der Waals surface area contributed by atoms with Crippen molar-refractivity contribution in [1.29, 1.82) is 0 Å². The molecule has 0 radical (unpaired) electrons. The minimum absolute atomic E-state index is 0. The molecule has 0 aromatic carbocycles. The largest absolute Gasteiger partial charge is 0.412 e. The van der Waals surface area contributed by atoms with Gasteiger partial charge in [0.1, 0.15) is 189 Å². The Balaban J connectivity index is 0.0000102. The first-order valence-corrected chi connectivity index (χ1v) is 28.2. The highest BCUT2D eigenvalue weighted by atomic mass is 16.8. The van der Waals surface area contributed by atoms with Gasteiger partial charge in [-0.15, -0.1) is 0 Å². The topological polar surface area (TPSA) is 670 Å². The van der Waals surface area contributed by atoms with Gasteiger partial charge in [-0.1, -0.05) is 0 Å². The maximum Gasteiger partial charge on any atom is 0.187 e. The van der Waals surface area contributed by atoms with E-state index in [4.69, 9.17) is 81.5 Å². The van der Waals surface area contributed by atoms with Crippen molar-refractivity contribution in [2.24, 2.45) is 5.73 Å². The van der Waals surface area contributed by atoms with Crippen LogP contribution in [-0.4, -0.2) is 421 Å². The fourth-order valence-corrected chi connectivity index (χ4v) is 11.9. The molecule has 89 heavy (non-hydrogen) atoms. The minimum atomic E-state index is -2.24. The molecule has 27 N–H and O–H groups in total. The number of nitrogens with two attached hydrogens (primary N) is 1. The highest BCUT2D eigenvalue weighted by Crippen LogP contribution is 2.39. The Labute approximate surface area is 502 Å². The summed E-state index contributed by atoms with van der Waals surface area (Å²) in [7, 11) is 0. The molecule has 40 atom stereocenters. The molecule has 30 rings (SSSR count). The van der Waals surface area contributed by atoms with Crippen molar-refractivity contribution < 1.29 is 199 Å². The average molecular weight is 1310 g/mol. The maximum atomic E-state index is 11.5. The maximum absolute atomic E-state index is 11.5. The van der Waals surface area contributed by atoms with Gasteiger partial charge in [0.15, 0.2) is 50.3 Å². The highest BCUT2D eigenvalue weighted by molar-refractivity contribution is 5.03. The molecule has 0 aromatic heterocycles. The summed E-state index contributed by atoms with van der Waals surface area (Å²) in [4.78, 5) is 0. The Morgan fingerprint density at radius 2 is 0.303 bits per heavy atom. The number of aliphatic hydroxyl groups excluding tert-OH is 23. The van der Waals surface area contributed by atoms with E-state index < -0.39 is 298 Å². The van der Waals surface area contributed by atoms with Crippen LogP contribution in [0.1, 0.15) is 0 Å². The number of ether oxygens (including phenoxy) is 16. The lowest BCUT2D eigenvalue weighted by atomic mass is 9.94. The second-order valence-electron chi connectivity index (χ2n) is 22.5. The summed E-state index contributed by atoms with van der Waals surface area (Å²) in [6.07, 6.45) is -78.4. The van der Waals surface area contributed by atoms with Gasteiger partial charge in [-0.3, -0.25) is 0 Å². The third-order valence-corrected chi connectivity index (χ3v) is 17.0. The summed E-state index contributed by atoms with van der Waals surface area (Å²) in [6.45, 7) is -8.48. The molecule has 0 aliphatic carbocycles. The summed E-state index contributed by atoms with van der Waals surface area (Å²) in [5.74, 6) is 0. The van der Waals surface area contributed by atoms with E-state index >= 15 is 0 Å². The number of hydrogen-bond donors (Lipinski definition) is 24. The zero-order valence-electron chi connectivity index (χ0n) is 46.6. The molecule has 30 aliphatic rings. The Bertz CT molecular complexity index is 1710. The summed E-state index contributed by atoms with van der Waals surface area (Å²) in [6, 6.07) is -1.75. The first kappa shape index (κ1) is 73.2. The quantitative estimate of drug-likeness (QED) is 0.107. The average Bonchev–Trinajstić information content (AvgIpc) is 0.980. The van der Waals surface area contributed by atoms with E-state index in [1.807, 2.05) is 0 Å². The van der Waals surface area contributed by atoms with Crippen LogP contribution < -0.4 is 5.73 Å². The lowest BCUT2D eigenvalue weighted by Gasteiger charge is -2.50. The van der Waals surface area contributed by atoms with Crippen LogP contribution in [0.2, 0.25) is 0 Å². The fraction of sp³-hybridized carbons (Fsp3) is 1.00. The first-order chi connectivity index (χ1) is 41.9. The van der Waals surface area contributed by atoms with Gasteiger partial charge in [0.05, 0.1) is 58.9 Å².